The van der Waals surface area contributed by atoms with Crippen LogP contribution in [0.5, 0.6) is 0 Å². The molecule has 2 aromatic rings. The zero-order valence-corrected chi connectivity index (χ0v) is 8.37. The third kappa shape index (κ3) is 1.40. The van der Waals surface area contributed by atoms with Crippen LogP contribution in [0.3, 0.4) is 0 Å². The van der Waals surface area contributed by atoms with Gasteiger partial charge in [0.05, 0.1) is 5.52 Å². The van der Waals surface area contributed by atoms with Gasteiger partial charge in [-0.2, -0.15) is 0 Å². The molecular formula is C7H7ClN2O2S. The van der Waals surface area contributed by atoms with Gasteiger partial charge in [-0.1, -0.05) is 0 Å². The van der Waals surface area contributed by atoms with Gasteiger partial charge in [0, 0.05) is 7.05 Å². The van der Waals surface area contributed by atoms with Crippen molar-refractivity contribution in [1.82, 2.24) is 9.55 Å². The van der Waals surface area contributed by atoms with E-state index in [-0.39, 0.29) is 23.7 Å². The number of hydrogen-bond acceptors (Lipinski definition) is 3. The van der Waals surface area contributed by atoms with Gasteiger partial charge in [0.25, 0.3) is 5.56 Å². The van der Waals surface area contributed by atoms with Gasteiger partial charge in [-0.15, -0.1) is 23.7 Å². The fraction of sp³-hybridized carbons (Fsp3) is 0.143. The van der Waals surface area contributed by atoms with E-state index in [0.717, 1.165) is 0 Å². The third-order valence-corrected chi connectivity index (χ3v) is 2.64. The summed E-state index contributed by atoms with van der Waals surface area (Å²) in [7, 11) is 1.63. The quantitative estimate of drug-likeness (QED) is 0.708. The van der Waals surface area contributed by atoms with E-state index < -0.39 is 0 Å². The summed E-state index contributed by atoms with van der Waals surface area (Å²) in [6.07, 6.45) is 0. The van der Waals surface area contributed by atoms with Crippen LogP contribution >= 0.6 is 23.7 Å². The highest BCUT2D eigenvalue weighted by molar-refractivity contribution is 7.17. The van der Waals surface area contributed by atoms with Crippen LogP contribution in [0.1, 0.15) is 0 Å². The Labute approximate surface area is 83.2 Å². The minimum atomic E-state index is -0.370. The lowest BCUT2D eigenvalue weighted by atomic mass is 10.4. The van der Waals surface area contributed by atoms with Gasteiger partial charge in [0.15, 0.2) is 0 Å². The number of nitrogens with zero attached hydrogens (tertiary/aromatic N) is 1. The minimum Gasteiger partial charge on any atom is -0.296 e. The van der Waals surface area contributed by atoms with Gasteiger partial charge in [0.1, 0.15) is 4.70 Å². The molecule has 1 N–H and O–H groups in total. The molecule has 2 heterocycles. The summed E-state index contributed by atoms with van der Waals surface area (Å²) >= 11 is 1.33. The second-order valence-corrected chi connectivity index (χ2v) is 3.37. The van der Waals surface area contributed by atoms with E-state index in [0.29, 0.717) is 10.2 Å². The zero-order valence-electron chi connectivity index (χ0n) is 6.73. The molecule has 0 bridgehead atoms. The Bertz CT molecular complexity index is 539. The molecule has 0 fully saturated rings. The highest BCUT2D eigenvalue weighted by Crippen LogP contribution is 2.12. The highest BCUT2D eigenvalue weighted by atomic mass is 35.5. The molecule has 4 nitrogen and oxygen atoms in total. The largest absolute Gasteiger partial charge is 0.328 e. The number of rotatable bonds is 0. The SMILES string of the molecule is Cl.Cn1c(=O)[nH]c(=O)c2sccc21. The van der Waals surface area contributed by atoms with Gasteiger partial charge < -0.3 is 0 Å². The van der Waals surface area contributed by atoms with Gasteiger partial charge in [-0.25, -0.2) is 4.79 Å². The first-order chi connectivity index (χ1) is 5.70. The van der Waals surface area contributed by atoms with Gasteiger partial charge in [0.2, 0.25) is 0 Å². The molecule has 13 heavy (non-hydrogen) atoms. The fourth-order valence-electron chi connectivity index (χ4n) is 1.08. The summed E-state index contributed by atoms with van der Waals surface area (Å²) < 4.78 is 2.02. The summed E-state index contributed by atoms with van der Waals surface area (Å²) in [4.78, 5) is 24.4. The Morgan fingerprint density at radius 1 is 1.46 bits per heavy atom. The molecule has 0 unspecified atom stereocenters. The Balaban J connectivity index is 0.000000845. The van der Waals surface area contributed by atoms with Crippen LogP contribution in [0.2, 0.25) is 0 Å². The molecule has 6 heteroatoms. The number of fused-ring (bicyclic) bond motifs is 1. The lowest BCUT2D eigenvalue weighted by Gasteiger charge is -1.96. The van der Waals surface area contributed by atoms with Crippen LogP contribution in [0, 0.1) is 0 Å². The molecule has 2 rings (SSSR count). The zero-order chi connectivity index (χ0) is 8.72. The Morgan fingerprint density at radius 3 is 2.85 bits per heavy atom. The monoisotopic (exact) mass is 218 g/mol. The topological polar surface area (TPSA) is 54.9 Å². The van der Waals surface area contributed by atoms with Crippen LogP contribution < -0.4 is 11.2 Å². The molecule has 0 aliphatic heterocycles. The lowest BCUT2D eigenvalue weighted by molar-refractivity contribution is 0.845. The molecule has 0 saturated heterocycles. The molecule has 0 spiro atoms. The van der Waals surface area contributed by atoms with E-state index in [2.05, 4.69) is 4.98 Å². The molecule has 70 valence electrons. The summed E-state index contributed by atoms with van der Waals surface area (Å²) in [5, 5.41) is 1.79. The average Bonchev–Trinajstić information content (AvgIpc) is 2.48. The Morgan fingerprint density at radius 2 is 2.15 bits per heavy atom. The van der Waals surface area contributed by atoms with E-state index in [1.54, 1.807) is 18.5 Å². The third-order valence-electron chi connectivity index (χ3n) is 1.74. The number of aryl methyl sites for hydroxylation is 1. The first kappa shape index (κ1) is 10.0. The number of H-pyrrole nitrogens is 1. The predicted octanol–water partition coefficient (Wildman–Crippen LogP) is 0.710. The summed E-state index contributed by atoms with van der Waals surface area (Å²) in [5.41, 5.74) is 0.0164. The van der Waals surface area contributed by atoms with Crippen molar-refractivity contribution in [2.45, 2.75) is 0 Å². The molecule has 0 amide bonds. The van der Waals surface area contributed by atoms with Crippen molar-refractivity contribution in [2.75, 3.05) is 0 Å². The average molecular weight is 219 g/mol. The van der Waals surface area contributed by atoms with Crippen LogP contribution in [0.25, 0.3) is 10.2 Å². The van der Waals surface area contributed by atoms with Crippen molar-refractivity contribution in [3.63, 3.8) is 0 Å². The van der Waals surface area contributed by atoms with E-state index in [1.165, 1.54) is 15.9 Å². The Hall–Kier alpha value is -1.07. The predicted molar refractivity (Wildman–Crippen MR) is 54.9 cm³/mol. The van der Waals surface area contributed by atoms with Crippen molar-refractivity contribution in [3.05, 3.63) is 32.3 Å². The molecule has 0 aliphatic rings. The number of aromatic nitrogens is 2. The van der Waals surface area contributed by atoms with Gasteiger partial charge >= 0.3 is 5.69 Å². The number of halogens is 1. The first-order valence-corrected chi connectivity index (χ1v) is 4.24. The second kappa shape index (κ2) is 3.35. The maximum atomic E-state index is 11.2. The van der Waals surface area contributed by atoms with Crippen molar-refractivity contribution in [3.8, 4) is 0 Å². The number of thiophene rings is 1. The summed E-state index contributed by atoms with van der Waals surface area (Å²) in [6.45, 7) is 0. The molecule has 2 aromatic heterocycles. The van der Waals surface area contributed by atoms with Gasteiger partial charge in [-0.3, -0.25) is 14.3 Å². The minimum absolute atomic E-state index is 0. The van der Waals surface area contributed by atoms with Crippen LogP contribution in [-0.4, -0.2) is 9.55 Å². The normalized spacial score (nSPS) is 9.92. The second-order valence-electron chi connectivity index (χ2n) is 2.45. The smallest absolute Gasteiger partial charge is 0.296 e. The van der Waals surface area contributed by atoms with E-state index in [4.69, 9.17) is 0 Å². The highest BCUT2D eigenvalue weighted by Gasteiger charge is 2.03. The number of hydrogen-bond donors (Lipinski definition) is 1. The summed E-state index contributed by atoms with van der Waals surface area (Å²) in [6, 6.07) is 1.76. The van der Waals surface area contributed by atoms with Crippen molar-refractivity contribution in [2.24, 2.45) is 7.05 Å². The maximum absolute atomic E-state index is 11.2. The fourth-order valence-corrected chi connectivity index (χ4v) is 1.90. The van der Waals surface area contributed by atoms with Crippen molar-refractivity contribution >= 4 is 34.0 Å². The molecule has 0 saturated carbocycles. The standard InChI is InChI=1S/C7H6N2O2S.ClH/c1-9-4-2-3-12-5(4)6(10)8-7(9)11;/h2-3H,1H3,(H,8,10,11);1H. The van der Waals surface area contributed by atoms with Crippen molar-refractivity contribution < 1.29 is 0 Å². The van der Waals surface area contributed by atoms with E-state index in [1.807, 2.05) is 0 Å². The first-order valence-electron chi connectivity index (χ1n) is 3.36. The molecule has 0 atom stereocenters. The van der Waals surface area contributed by atoms with Crippen molar-refractivity contribution in [1.29, 1.82) is 0 Å². The van der Waals surface area contributed by atoms with Gasteiger partial charge in [-0.05, 0) is 11.4 Å². The van der Waals surface area contributed by atoms with Crippen LogP contribution in [0.15, 0.2) is 21.0 Å². The van der Waals surface area contributed by atoms with E-state index in [9.17, 15) is 9.59 Å². The number of nitrogens with one attached hydrogen (secondary N) is 1. The Kier molecular flexibility index (Phi) is 2.58. The van der Waals surface area contributed by atoms with E-state index >= 15 is 0 Å². The molecule has 0 aromatic carbocycles. The molecule has 0 aliphatic carbocycles. The molecular weight excluding hydrogens is 212 g/mol. The lowest BCUT2D eigenvalue weighted by Crippen LogP contribution is -2.27. The molecule has 0 radical (unpaired) electrons. The number of aromatic amines is 1. The summed E-state index contributed by atoms with van der Waals surface area (Å²) in [5.74, 6) is 0. The maximum Gasteiger partial charge on any atom is 0.328 e. The van der Waals surface area contributed by atoms with Crippen LogP contribution in [0.4, 0.5) is 0 Å². The van der Waals surface area contributed by atoms with Crippen LogP contribution in [-0.2, 0) is 7.05 Å².